The third-order valence-electron chi connectivity index (χ3n) is 4.53. The number of thioether (sulfide) groups is 1. The summed E-state index contributed by atoms with van der Waals surface area (Å²) < 4.78 is 5.31. The van der Waals surface area contributed by atoms with Crippen LogP contribution in [0.5, 0.6) is 0 Å². The summed E-state index contributed by atoms with van der Waals surface area (Å²) in [5.41, 5.74) is 1.40. The van der Waals surface area contributed by atoms with E-state index in [9.17, 15) is 14.4 Å². The van der Waals surface area contributed by atoms with E-state index < -0.39 is 23.9 Å². The zero-order valence-electron chi connectivity index (χ0n) is 15.8. The average Bonchev–Trinajstić information content (AvgIpc) is 3.10. The second-order valence-corrected chi connectivity index (χ2v) is 7.42. The van der Waals surface area contributed by atoms with Gasteiger partial charge in [-0.25, -0.2) is 0 Å². The van der Waals surface area contributed by atoms with Crippen LogP contribution in [-0.2, 0) is 19.1 Å². The second-order valence-electron chi connectivity index (χ2n) is 6.54. The highest BCUT2D eigenvalue weighted by atomic mass is 32.2. The molecule has 0 bridgehead atoms. The second kappa shape index (κ2) is 8.93. The van der Waals surface area contributed by atoms with Gasteiger partial charge in [-0.15, -0.1) is 11.8 Å². The van der Waals surface area contributed by atoms with Gasteiger partial charge in [-0.05, 0) is 43.5 Å². The summed E-state index contributed by atoms with van der Waals surface area (Å²) in [6.45, 7) is 1.77. The van der Waals surface area contributed by atoms with Crippen LogP contribution >= 0.6 is 11.8 Å². The molecule has 2 atom stereocenters. The summed E-state index contributed by atoms with van der Waals surface area (Å²) in [6.07, 6.45) is 1.10. The number of ether oxygens (including phenoxy) is 1. The maximum absolute atomic E-state index is 12.5. The normalized spacial score (nSPS) is 17.3. The third kappa shape index (κ3) is 4.72. The first-order valence-electron chi connectivity index (χ1n) is 8.98. The Kier molecular flexibility index (Phi) is 6.36. The average molecular weight is 398 g/mol. The van der Waals surface area contributed by atoms with Crippen molar-refractivity contribution in [2.24, 2.45) is 5.92 Å². The number of nitrogens with one attached hydrogen (secondary N) is 1. The van der Waals surface area contributed by atoms with Crippen molar-refractivity contribution >= 4 is 40.9 Å². The van der Waals surface area contributed by atoms with Gasteiger partial charge in [-0.3, -0.25) is 14.4 Å². The third-order valence-corrected chi connectivity index (χ3v) is 5.25. The summed E-state index contributed by atoms with van der Waals surface area (Å²) in [5, 5.41) is 2.70. The zero-order chi connectivity index (χ0) is 20.1. The summed E-state index contributed by atoms with van der Waals surface area (Å²) in [4.78, 5) is 39.7. The fourth-order valence-electron chi connectivity index (χ4n) is 2.98. The first kappa shape index (κ1) is 19.9. The maximum atomic E-state index is 12.5. The molecule has 6 nitrogen and oxygen atoms in total. The van der Waals surface area contributed by atoms with Crippen molar-refractivity contribution < 1.29 is 19.1 Å². The van der Waals surface area contributed by atoms with Crippen molar-refractivity contribution in [1.29, 1.82) is 0 Å². The summed E-state index contributed by atoms with van der Waals surface area (Å²) in [7, 11) is 0. The quantitative estimate of drug-likeness (QED) is 0.597. The molecule has 1 aliphatic rings. The molecule has 2 amide bonds. The van der Waals surface area contributed by atoms with Crippen molar-refractivity contribution in [3.05, 3.63) is 54.6 Å². The molecule has 28 heavy (non-hydrogen) atoms. The van der Waals surface area contributed by atoms with E-state index in [2.05, 4.69) is 5.32 Å². The molecular formula is C21H22N2O4S. The lowest BCUT2D eigenvalue weighted by Gasteiger charge is -2.18. The van der Waals surface area contributed by atoms with Crippen LogP contribution in [0.1, 0.15) is 13.3 Å². The van der Waals surface area contributed by atoms with E-state index in [0.717, 1.165) is 10.6 Å². The number of benzene rings is 2. The highest BCUT2D eigenvalue weighted by Crippen LogP contribution is 2.29. The van der Waals surface area contributed by atoms with Crippen LogP contribution in [0.15, 0.2) is 59.5 Å². The van der Waals surface area contributed by atoms with Gasteiger partial charge in [0.05, 0.1) is 5.92 Å². The Hall–Kier alpha value is -2.80. The van der Waals surface area contributed by atoms with E-state index in [1.807, 2.05) is 36.6 Å². The molecule has 3 rings (SSSR count). The zero-order valence-corrected chi connectivity index (χ0v) is 16.6. The van der Waals surface area contributed by atoms with E-state index in [1.165, 1.54) is 6.92 Å². The van der Waals surface area contributed by atoms with Gasteiger partial charge in [-0.1, -0.05) is 24.3 Å². The fourth-order valence-corrected chi connectivity index (χ4v) is 3.44. The monoisotopic (exact) mass is 398 g/mol. The van der Waals surface area contributed by atoms with Crippen LogP contribution in [0.2, 0.25) is 0 Å². The predicted octanol–water partition coefficient (Wildman–Crippen LogP) is 3.33. The maximum Gasteiger partial charge on any atom is 0.312 e. The number of para-hydroxylation sites is 1. The largest absolute Gasteiger partial charge is 0.452 e. The Labute approximate surface area is 168 Å². The molecule has 0 unspecified atom stereocenters. The smallest absolute Gasteiger partial charge is 0.312 e. The van der Waals surface area contributed by atoms with Gasteiger partial charge < -0.3 is 15.0 Å². The number of carbonyl (C=O) groups is 3. The molecule has 1 saturated heterocycles. The van der Waals surface area contributed by atoms with Crippen molar-refractivity contribution in [3.8, 4) is 0 Å². The fraction of sp³-hybridized carbons (Fsp3) is 0.286. The minimum atomic E-state index is -0.948. The number of hydrogen-bond acceptors (Lipinski definition) is 5. The molecule has 0 saturated carbocycles. The van der Waals surface area contributed by atoms with Crippen molar-refractivity contribution in [2.45, 2.75) is 24.3 Å². The molecule has 0 aromatic heterocycles. The van der Waals surface area contributed by atoms with Gasteiger partial charge in [-0.2, -0.15) is 0 Å². The van der Waals surface area contributed by atoms with Crippen LogP contribution in [0.3, 0.4) is 0 Å². The topological polar surface area (TPSA) is 75.7 Å². The van der Waals surface area contributed by atoms with Gasteiger partial charge in [0, 0.05) is 29.2 Å². The molecule has 1 aliphatic heterocycles. The minimum absolute atomic E-state index is 0.0787. The van der Waals surface area contributed by atoms with Gasteiger partial charge in [0.2, 0.25) is 5.91 Å². The minimum Gasteiger partial charge on any atom is -0.452 e. The molecule has 1 fully saturated rings. The first-order chi connectivity index (χ1) is 13.5. The van der Waals surface area contributed by atoms with E-state index in [0.29, 0.717) is 5.69 Å². The molecular weight excluding hydrogens is 376 g/mol. The highest BCUT2D eigenvalue weighted by molar-refractivity contribution is 7.98. The molecule has 2 aromatic rings. The van der Waals surface area contributed by atoms with Gasteiger partial charge in [0.15, 0.2) is 6.10 Å². The van der Waals surface area contributed by atoms with Crippen molar-refractivity contribution in [1.82, 2.24) is 0 Å². The first-order valence-corrected chi connectivity index (χ1v) is 10.2. The van der Waals surface area contributed by atoms with Crippen molar-refractivity contribution in [2.75, 3.05) is 23.0 Å². The molecule has 0 radical (unpaired) electrons. The predicted molar refractivity (Wildman–Crippen MR) is 109 cm³/mol. The van der Waals surface area contributed by atoms with Crippen LogP contribution in [-0.4, -0.2) is 36.7 Å². The molecule has 2 aromatic carbocycles. The van der Waals surface area contributed by atoms with Crippen molar-refractivity contribution in [3.63, 3.8) is 0 Å². The van der Waals surface area contributed by atoms with Crippen LogP contribution in [0.4, 0.5) is 11.4 Å². The molecule has 7 heteroatoms. The van der Waals surface area contributed by atoms with E-state index in [1.54, 1.807) is 40.9 Å². The molecule has 1 N–H and O–H groups in total. The number of amides is 2. The summed E-state index contributed by atoms with van der Waals surface area (Å²) >= 11 is 1.59. The number of hydrogen-bond donors (Lipinski definition) is 1. The Morgan fingerprint density at radius 1 is 1.18 bits per heavy atom. The number of nitrogens with zero attached hydrogens (tertiary/aromatic N) is 1. The highest BCUT2D eigenvalue weighted by Gasteiger charge is 2.37. The number of carbonyl (C=O) groups excluding carboxylic acids is 3. The van der Waals surface area contributed by atoms with E-state index in [-0.39, 0.29) is 18.9 Å². The van der Waals surface area contributed by atoms with E-state index in [4.69, 9.17) is 4.74 Å². The lowest BCUT2D eigenvalue weighted by molar-refractivity contribution is -0.157. The Morgan fingerprint density at radius 3 is 2.64 bits per heavy atom. The Morgan fingerprint density at radius 2 is 1.93 bits per heavy atom. The summed E-state index contributed by atoms with van der Waals surface area (Å²) in [5.74, 6) is -1.65. The Bertz CT molecular complexity index is 872. The number of rotatable bonds is 6. The van der Waals surface area contributed by atoms with Crippen LogP contribution in [0.25, 0.3) is 0 Å². The van der Waals surface area contributed by atoms with Gasteiger partial charge >= 0.3 is 5.97 Å². The van der Waals surface area contributed by atoms with E-state index >= 15 is 0 Å². The lowest BCUT2D eigenvalue weighted by Crippen LogP contribution is -2.33. The lowest BCUT2D eigenvalue weighted by atomic mass is 10.1. The molecule has 146 valence electrons. The Balaban J connectivity index is 1.58. The van der Waals surface area contributed by atoms with Crippen LogP contribution < -0.4 is 10.2 Å². The SMILES string of the molecule is CSc1cccc(N2C[C@@H](C(=O)O[C@@H](C)C(=O)Nc3ccccc3)CC2=O)c1. The molecule has 0 aliphatic carbocycles. The molecule has 1 heterocycles. The van der Waals surface area contributed by atoms with Crippen LogP contribution in [0, 0.1) is 5.92 Å². The number of esters is 1. The molecule has 0 spiro atoms. The number of anilines is 2. The standard InChI is InChI=1S/C21H22N2O4S/c1-14(20(25)22-16-7-4-3-5-8-16)27-21(26)15-11-19(24)23(13-15)17-9-6-10-18(12-17)28-2/h3-10,12,14-15H,11,13H2,1-2H3,(H,22,25)/t14-,15-/m0/s1. The summed E-state index contributed by atoms with van der Waals surface area (Å²) in [6, 6.07) is 16.6. The van der Waals surface area contributed by atoms with Gasteiger partial charge in [0.1, 0.15) is 0 Å². The van der Waals surface area contributed by atoms with Gasteiger partial charge in [0.25, 0.3) is 5.91 Å².